The van der Waals surface area contributed by atoms with Gasteiger partial charge in [-0.25, -0.2) is 4.79 Å². The van der Waals surface area contributed by atoms with Crippen LogP contribution in [0.15, 0.2) is 48.6 Å². The van der Waals surface area contributed by atoms with Crippen LogP contribution < -0.4 is 0 Å². The highest BCUT2D eigenvalue weighted by molar-refractivity contribution is 7.13. The van der Waals surface area contributed by atoms with Crippen molar-refractivity contribution < 1.29 is 14.3 Å². The molecule has 0 saturated carbocycles. The zero-order chi connectivity index (χ0) is 23.8. The van der Waals surface area contributed by atoms with Gasteiger partial charge in [0.1, 0.15) is 4.88 Å². The number of thiophene rings is 1. The Bertz CT molecular complexity index is 817. The Kier molecular flexibility index (Phi) is 14.3. The number of carbonyl (C=O) groups is 2. The molecule has 1 heterocycles. The monoisotopic (exact) mass is 456 g/mol. The van der Waals surface area contributed by atoms with Crippen molar-refractivity contribution in [2.75, 3.05) is 7.11 Å². The molecule has 1 aliphatic rings. The maximum atomic E-state index is 11.6. The number of benzene rings is 1. The van der Waals surface area contributed by atoms with E-state index in [9.17, 15) is 9.59 Å². The molecule has 0 N–H and O–H groups in total. The van der Waals surface area contributed by atoms with E-state index in [-0.39, 0.29) is 17.7 Å². The molecule has 1 unspecified atom stereocenters. The second-order valence-corrected chi connectivity index (χ2v) is 8.82. The molecule has 1 aliphatic carbocycles. The molecule has 0 amide bonds. The number of hydrogen-bond acceptors (Lipinski definition) is 4. The highest BCUT2D eigenvalue weighted by Crippen LogP contribution is 2.26. The third kappa shape index (κ3) is 9.52. The Morgan fingerprint density at radius 1 is 0.969 bits per heavy atom. The molecule has 0 spiro atoms. The number of allylic oxidation sites excluding steroid dienone is 2. The predicted molar refractivity (Wildman–Crippen MR) is 137 cm³/mol. The van der Waals surface area contributed by atoms with E-state index in [0.29, 0.717) is 4.88 Å². The van der Waals surface area contributed by atoms with Crippen molar-refractivity contribution in [3.63, 3.8) is 0 Å². The summed E-state index contributed by atoms with van der Waals surface area (Å²) in [5.41, 5.74) is 2.57. The molecule has 0 fully saturated rings. The highest BCUT2D eigenvalue weighted by atomic mass is 32.1. The number of unbranched alkanes of at least 4 members (excludes halogenated alkanes) is 3. The molecular formula is C28H40O3S. The fourth-order valence-electron chi connectivity index (χ4n) is 3.49. The minimum absolute atomic E-state index is 0.0825. The van der Waals surface area contributed by atoms with Gasteiger partial charge < -0.3 is 4.74 Å². The SMILES string of the molecule is CC.CCCCCCc1ccc(C2CC=CC2=O)cc1.CCCc1ccc(C(=O)OC)s1. The lowest BCUT2D eigenvalue weighted by molar-refractivity contribution is -0.115. The zero-order valence-electron chi connectivity index (χ0n) is 20.5. The lowest BCUT2D eigenvalue weighted by atomic mass is 9.94. The van der Waals surface area contributed by atoms with Gasteiger partial charge in [0.15, 0.2) is 5.78 Å². The van der Waals surface area contributed by atoms with Gasteiger partial charge >= 0.3 is 5.97 Å². The van der Waals surface area contributed by atoms with Gasteiger partial charge in [0.05, 0.1) is 13.0 Å². The Morgan fingerprint density at radius 2 is 1.69 bits per heavy atom. The molecule has 3 rings (SSSR count). The zero-order valence-corrected chi connectivity index (χ0v) is 21.3. The van der Waals surface area contributed by atoms with Gasteiger partial charge in [-0.1, -0.05) is 83.7 Å². The molecule has 176 valence electrons. The van der Waals surface area contributed by atoms with E-state index in [1.807, 2.05) is 32.1 Å². The van der Waals surface area contributed by atoms with Gasteiger partial charge in [-0.05, 0) is 55.0 Å². The first-order valence-electron chi connectivity index (χ1n) is 12.0. The van der Waals surface area contributed by atoms with E-state index in [2.05, 4.69) is 42.8 Å². The molecule has 32 heavy (non-hydrogen) atoms. The molecule has 0 radical (unpaired) electrons. The van der Waals surface area contributed by atoms with Crippen LogP contribution >= 0.6 is 11.3 Å². The first kappa shape index (κ1) is 27.8. The number of esters is 1. The Balaban J connectivity index is 0.000000318. The molecule has 3 nitrogen and oxygen atoms in total. The number of ketones is 1. The summed E-state index contributed by atoms with van der Waals surface area (Å²) in [6.45, 7) is 8.36. The molecular weight excluding hydrogens is 416 g/mol. The van der Waals surface area contributed by atoms with Gasteiger partial charge in [-0.3, -0.25) is 4.79 Å². The van der Waals surface area contributed by atoms with Crippen LogP contribution in [-0.4, -0.2) is 18.9 Å². The van der Waals surface area contributed by atoms with E-state index in [1.165, 1.54) is 60.1 Å². The fourth-order valence-corrected chi connectivity index (χ4v) is 4.52. The second kappa shape index (κ2) is 16.4. The number of rotatable bonds is 9. The van der Waals surface area contributed by atoms with Gasteiger partial charge in [0.2, 0.25) is 0 Å². The average Bonchev–Trinajstić information content (AvgIpc) is 3.48. The van der Waals surface area contributed by atoms with Crippen LogP contribution in [0.25, 0.3) is 0 Å². The standard InChI is InChI=1S/C17H22O.C9H12O2S.C2H6/c1-2-3-4-5-7-14-10-12-15(13-11-14)16-8-6-9-17(16)18;1-3-4-7-5-6-8(12-7)9(10)11-2;1-2/h6,9-13,16H,2-5,7-8H2,1H3;5-6H,3-4H2,1-2H3;1-2H3. The van der Waals surface area contributed by atoms with E-state index >= 15 is 0 Å². The summed E-state index contributed by atoms with van der Waals surface area (Å²) in [5, 5.41) is 0. The van der Waals surface area contributed by atoms with Crippen molar-refractivity contribution in [3.8, 4) is 0 Å². The van der Waals surface area contributed by atoms with E-state index in [4.69, 9.17) is 0 Å². The van der Waals surface area contributed by atoms with Gasteiger partial charge in [0.25, 0.3) is 0 Å². The maximum Gasteiger partial charge on any atom is 0.348 e. The van der Waals surface area contributed by atoms with Crippen LogP contribution in [0, 0.1) is 0 Å². The first-order valence-corrected chi connectivity index (χ1v) is 12.9. The largest absolute Gasteiger partial charge is 0.465 e. The van der Waals surface area contributed by atoms with Crippen LogP contribution in [0.5, 0.6) is 0 Å². The summed E-state index contributed by atoms with van der Waals surface area (Å²) in [5.74, 6) is 0.104. The molecule has 0 saturated heterocycles. The quantitative estimate of drug-likeness (QED) is 0.284. The van der Waals surface area contributed by atoms with E-state index in [0.717, 1.165) is 25.7 Å². The molecule has 0 aliphatic heterocycles. The highest BCUT2D eigenvalue weighted by Gasteiger charge is 2.21. The van der Waals surface area contributed by atoms with E-state index in [1.54, 1.807) is 6.08 Å². The minimum Gasteiger partial charge on any atom is -0.465 e. The second-order valence-electron chi connectivity index (χ2n) is 7.65. The summed E-state index contributed by atoms with van der Waals surface area (Å²) < 4.78 is 4.60. The topological polar surface area (TPSA) is 43.4 Å². The molecule has 1 aromatic carbocycles. The Morgan fingerprint density at radius 3 is 2.25 bits per heavy atom. The normalized spacial score (nSPS) is 14.3. The number of ether oxygens (including phenoxy) is 1. The predicted octanol–water partition coefficient (Wildman–Crippen LogP) is 7.94. The third-order valence-corrected chi connectivity index (χ3v) is 6.37. The van der Waals surface area contributed by atoms with Crippen molar-refractivity contribution in [2.24, 2.45) is 0 Å². The molecule has 0 bridgehead atoms. The van der Waals surface area contributed by atoms with Crippen molar-refractivity contribution in [2.45, 2.75) is 85.0 Å². The summed E-state index contributed by atoms with van der Waals surface area (Å²) in [6, 6.07) is 12.4. The minimum atomic E-state index is -0.234. The van der Waals surface area contributed by atoms with Gasteiger partial charge in [0, 0.05) is 4.88 Å². The first-order chi connectivity index (χ1) is 15.6. The summed E-state index contributed by atoms with van der Waals surface area (Å²) in [4.78, 5) is 24.6. The summed E-state index contributed by atoms with van der Waals surface area (Å²) in [7, 11) is 1.40. The van der Waals surface area contributed by atoms with Crippen LogP contribution in [0.1, 0.15) is 97.8 Å². The van der Waals surface area contributed by atoms with Crippen molar-refractivity contribution in [1.29, 1.82) is 0 Å². The number of carbonyl (C=O) groups excluding carboxylic acids is 2. The van der Waals surface area contributed by atoms with Crippen LogP contribution in [-0.2, 0) is 22.4 Å². The van der Waals surface area contributed by atoms with Crippen LogP contribution in [0.2, 0.25) is 0 Å². The molecule has 4 heteroatoms. The van der Waals surface area contributed by atoms with Crippen molar-refractivity contribution in [1.82, 2.24) is 0 Å². The molecule has 1 aromatic heterocycles. The third-order valence-electron chi connectivity index (χ3n) is 5.24. The lowest BCUT2D eigenvalue weighted by Gasteiger charge is -2.09. The Hall–Kier alpha value is -2.20. The number of aryl methyl sites for hydroxylation is 2. The fraction of sp³-hybridized carbons (Fsp3) is 0.500. The smallest absolute Gasteiger partial charge is 0.348 e. The van der Waals surface area contributed by atoms with Crippen LogP contribution in [0.3, 0.4) is 0 Å². The Labute approximate surface area is 198 Å². The number of methoxy groups -OCH3 is 1. The van der Waals surface area contributed by atoms with Crippen molar-refractivity contribution in [3.05, 3.63) is 69.4 Å². The summed E-state index contributed by atoms with van der Waals surface area (Å²) in [6.07, 6.45) is 13.1. The van der Waals surface area contributed by atoms with Crippen LogP contribution in [0.4, 0.5) is 0 Å². The van der Waals surface area contributed by atoms with Gasteiger partial charge in [-0.2, -0.15) is 0 Å². The molecule has 2 aromatic rings. The van der Waals surface area contributed by atoms with Gasteiger partial charge in [-0.15, -0.1) is 11.3 Å². The average molecular weight is 457 g/mol. The lowest BCUT2D eigenvalue weighted by Crippen LogP contribution is -2.04. The maximum absolute atomic E-state index is 11.6. The number of hydrogen-bond donors (Lipinski definition) is 0. The van der Waals surface area contributed by atoms with Crippen molar-refractivity contribution >= 4 is 23.1 Å². The molecule has 1 atom stereocenters. The van der Waals surface area contributed by atoms with E-state index < -0.39 is 0 Å². The summed E-state index contributed by atoms with van der Waals surface area (Å²) >= 11 is 1.52.